The molecule has 0 rings (SSSR count). The number of hydrogen-bond donors (Lipinski definition) is 2. The molecule has 0 unspecified atom stereocenters. The fourth-order valence-electron chi connectivity index (χ4n) is 0.699. The van der Waals surface area contributed by atoms with Crippen LogP contribution in [0.3, 0.4) is 0 Å². The van der Waals surface area contributed by atoms with Crippen LogP contribution in [0.4, 0.5) is 0 Å². The standard InChI is InChI=1S/C8H19NOS/c1-8(2,7-10)9-5-4-6-11-3/h9-10H,4-7H2,1-3H3. The summed E-state index contributed by atoms with van der Waals surface area (Å²) in [6.07, 6.45) is 3.28. The Hall–Kier alpha value is 0.270. The number of rotatable bonds is 6. The number of thioether (sulfide) groups is 1. The minimum atomic E-state index is -0.113. The van der Waals surface area contributed by atoms with Gasteiger partial charge in [0.1, 0.15) is 0 Å². The van der Waals surface area contributed by atoms with Gasteiger partial charge in [-0.05, 0) is 38.8 Å². The van der Waals surface area contributed by atoms with Crippen molar-refractivity contribution >= 4 is 11.8 Å². The number of hydrogen-bond acceptors (Lipinski definition) is 3. The first-order chi connectivity index (χ1) is 5.12. The largest absolute Gasteiger partial charge is 0.394 e. The Balaban J connectivity index is 3.23. The first-order valence-corrected chi connectivity index (χ1v) is 5.36. The highest BCUT2D eigenvalue weighted by Gasteiger charge is 2.13. The van der Waals surface area contributed by atoms with Crippen molar-refractivity contribution in [2.24, 2.45) is 0 Å². The second-order valence-electron chi connectivity index (χ2n) is 3.32. The van der Waals surface area contributed by atoms with E-state index in [0.29, 0.717) is 0 Å². The van der Waals surface area contributed by atoms with Gasteiger partial charge in [0, 0.05) is 5.54 Å². The zero-order valence-corrected chi connectivity index (χ0v) is 8.50. The van der Waals surface area contributed by atoms with Gasteiger partial charge in [0.05, 0.1) is 6.61 Å². The molecule has 0 aromatic carbocycles. The van der Waals surface area contributed by atoms with Gasteiger partial charge in [-0.25, -0.2) is 0 Å². The summed E-state index contributed by atoms with van der Waals surface area (Å²) in [6, 6.07) is 0. The van der Waals surface area contributed by atoms with Crippen molar-refractivity contribution in [3.05, 3.63) is 0 Å². The first-order valence-electron chi connectivity index (χ1n) is 3.97. The molecule has 0 aliphatic heterocycles. The summed E-state index contributed by atoms with van der Waals surface area (Å²) < 4.78 is 0. The van der Waals surface area contributed by atoms with Gasteiger partial charge in [-0.15, -0.1) is 0 Å². The van der Waals surface area contributed by atoms with Gasteiger partial charge in [-0.1, -0.05) is 0 Å². The third kappa shape index (κ3) is 6.66. The van der Waals surface area contributed by atoms with E-state index in [9.17, 15) is 0 Å². The van der Waals surface area contributed by atoms with Crippen LogP contribution in [0.15, 0.2) is 0 Å². The third-order valence-electron chi connectivity index (χ3n) is 1.52. The highest BCUT2D eigenvalue weighted by atomic mass is 32.2. The lowest BCUT2D eigenvalue weighted by Crippen LogP contribution is -2.43. The quantitative estimate of drug-likeness (QED) is 0.596. The Bertz CT molecular complexity index is 96.1. The van der Waals surface area contributed by atoms with Crippen molar-refractivity contribution in [3.8, 4) is 0 Å². The Morgan fingerprint density at radius 1 is 1.45 bits per heavy atom. The van der Waals surface area contributed by atoms with Crippen molar-refractivity contribution in [1.82, 2.24) is 5.32 Å². The monoisotopic (exact) mass is 177 g/mol. The molecule has 2 nitrogen and oxygen atoms in total. The predicted octanol–water partition coefficient (Wildman–Crippen LogP) is 1.10. The lowest BCUT2D eigenvalue weighted by molar-refractivity contribution is 0.189. The summed E-state index contributed by atoms with van der Waals surface area (Å²) >= 11 is 1.86. The van der Waals surface area contributed by atoms with Crippen molar-refractivity contribution in [2.45, 2.75) is 25.8 Å². The van der Waals surface area contributed by atoms with E-state index in [1.807, 2.05) is 25.6 Å². The van der Waals surface area contributed by atoms with E-state index in [1.54, 1.807) is 0 Å². The van der Waals surface area contributed by atoms with Gasteiger partial charge < -0.3 is 10.4 Å². The average molecular weight is 177 g/mol. The van der Waals surface area contributed by atoms with Crippen LogP contribution in [0.2, 0.25) is 0 Å². The summed E-state index contributed by atoms with van der Waals surface area (Å²) in [5, 5.41) is 12.2. The SMILES string of the molecule is CSCCCNC(C)(C)CO. The molecule has 11 heavy (non-hydrogen) atoms. The second-order valence-corrected chi connectivity index (χ2v) is 4.30. The van der Waals surface area contributed by atoms with E-state index < -0.39 is 0 Å². The summed E-state index contributed by atoms with van der Waals surface area (Å²) in [7, 11) is 0. The predicted molar refractivity (Wildman–Crippen MR) is 52.2 cm³/mol. The molecule has 68 valence electrons. The highest BCUT2D eigenvalue weighted by molar-refractivity contribution is 7.98. The van der Waals surface area contributed by atoms with Crippen LogP contribution in [-0.4, -0.2) is 35.8 Å². The summed E-state index contributed by atoms with van der Waals surface area (Å²) in [6.45, 7) is 5.21. The molecule has 0 bridgehead atoms. The highest BCUT2D eigenvalue weighted by Crippen LogP contribution is 2.00. The number of nitrogens with one attached hydrogen (secondary N) is 1. The van der Waals surface area contributed by atoms with Crippen LogP contribution in [0.25, 0.3) is 0 Å². The van der Waals surface area contributed by atoms with Crippen molar-refractivity contribution in [3.63, 3.8) is 0 Å². The Labute approximate surface area is 73.8 Å². The van der Waals surface area contributed by atoms with E-state index in [0.717, 1.165) is 6.54 Å². The maximum Gasteiger partial charge on any atom is 0.0607 e. The van der Waals surface area contributed by atoms with Crippen molar-refractivity contribution in [1.29, 1.82) is 0 Å². The summed E-state index contributed by atoms with van der Waals surface area (Å²) in [5.74, 6) is 1.19. The third-order valence-corrected chi connectivity index (χ3v) is 2.22. The van der Waals surface area contributed by atoms with Gasteiger partial charge in [-0.3, -0.25) is 0 Å². The second kappa shape index (κ2) is 5.86. The molecule has 3 heteroatoms. The molecule has 0 aromatic rings. The molecule has 0 heterocycles. The summed E-state index contributed by atoms with van der Waals surface area (Å²) in [5.41, 5.74) is -0.113. The van der Waals surface area contributed by atoms with E-state index >= 15 is 0 Å². The maximum absolute atomic E-state index is 8.88. The van der Waals surface area contributed by atoms with Crippen LogP contribution in [0, 0.1) is 0 Å². The molecule has 0 aliphatic carbocycles. The zero-order chi connectivity index (χ0) is 8.74. The van der Waals surface area contributed by atoms with Gasteiger partial charge in [0.15, 0.2) is 0 Å². The van der Waals surface area contributed by atoms with Crippen LogP contribution in [-0.2, 0) is 0 Å². The fraction of sp³-hybridized carbons (Fsp3) is 1.00. The zero-order valence-electron chi connectivity index (χ0n) is 7.68. The lowest BCUT2D eigenvalue weighted by atomic mass is 10.1. The molecule has 0 amide bonds. The Morgan fingerprint density at radius 2 is 2.09 bits per heavy atom. The molecule has 0 aromatic heterocycles. The number of aliphatic hydroxyl groups excluding tert-OH is 1. The molecular formula is C8H19NOS. The van der Waals surface area contributed by atoms with Crippen LogP contribution in [0.1, 0.15) is 20.3 Å². The molecule has 0 fully saturated rings. The van der Waals surface area contributed by atoms with Gasteiger partial charge in [0.25, 0.3) is 0 Å². The van der Waals surface area contributed by atoms with Gasteiger partial charge in [0.2, 0.25) is 0 Å². The van der Waals surface area contributed by atoms with Crippen LogP contribution in [0.5, 0.6) is 0 Å². The number of aliphatic hydroxyl groups is 1. The van der Waals surface area contributed by atoms with Crippen molar-refractivity contribution in [2.75, 3.05) is 25.2 Å². The van der Waals surface area contributed by atoms with E-state index in [4.69, 9.17) is 5.11 Å². The maximum atomic E-state index is 8.88. The Morgan fingerprint density at radius 3 is 2.55 bits per heavy atom. The minimum Gasteiger partial charge on any atom is -0.394 e. The average Bonchev–Trinajstić information content (AvgIpc) is 1.99. The topological polar surface area (TPSA) is 32.3 Å². The van der Waals surface area contributed by atoms with Crippen molar-refractivity contribution < 1.29 is 5.11 Å². The minimum absolute atomic E-state index is 0.113. The fourth-order valence-corrected chi connectivity index (χ4v) is 1.13. The Kier molecular flexibility index (Phi) is 6.01. The molecule has 2 N–H and O–H groups in total. The normalized spacial score (nSPS) is 12.0. The van der Waals surface area contributed by atoms with Crippen LogP contribution < -0.4 is 5.32 Å². The van der Waals surface area contributed by atoms with E-state index in [-0.39, 0.29) is 12.1 Å². The first kappa shape index (κ1) is 11.3. The molecule has 0 saturated carbocycles. The van der Waals surface area contributed by atoms with Crippen LogP contribution >= 0.6 is 11.8 Å². The molecule has 0 radical (unpaired) electrons. The molecule has 0 atom stereocenters. The van der Waals surface area contributed by atoms with Gasteiger partial charge >= 0.3 is 0 Å². The van der Waals surface area contributed by atoms with Gasteiger partial charge in [-0.2, -0.15) is 11.8 Å². The smallest absolute Gasteiger partial charge is 0.0607 e. The molecule has 0 saturated heterocycles. The molecular weight excluding hydrogens is 158 g/mol. The van der Waals surface area contributed by atoms with E-state index in [1.165, 1.54) is 12.2 Å². The van der Waals surface area contributed by atoms with E-state index in [2.05, 4.69) is 11.6 Å². The summed E-state index contributed by atoms with van der Waals surface area (Å²) in [4.78, 5) is 0. The lowest BCUT2D eigenvalue weighted by Gasteiger charge is -2.23. The molecule has 0 spiro atoms. The molecule has 0 aliphatic rings.